The van der Waals surface area contributed by atoms with Crippen LogP contribution in [0.2, 0.25) is 0 Å². The van der Waals surface area contributed by atoms with Crippen LogP contribution in [-0.2, 0) is 4.79 Å². The summed E-state index contributed by atoms with van der Waals surface area (Å²) in [6.45, 7) is 3.38. The Hall–Kier alpha value is -2.49. The molecule has 7 nitrogen and oxygen atoms in total. The van der Waals surface area contributed by atoms with Crippen LogP contribution < -0.4 is 5.32 Å². The number of terminal acetylenes is 1. The SMILES string of the molecule is C#CCN(CC(=O)O)C(=O)Nc1cnn(C(C)C)c1. The molecule has 19 heavy (non-hydrogen) atoms. The Bertz CT molecular complexity index is 501. The van der Waals surface area contributed by atoms with Gasteiger partial charge in [-0.1, -0.05) is 5.92 Å². The number of aliphatic carboxylic acids is 1. The smallest absolute Gasteiger partial charge is 0.323 e. The van der Waals surface area contributed by atoms with Gasteiger partial charge in [-0.2, -0.15) is 5.10 Å². The quantitative estimate of drug-likeness (QED) is 0.777. The first-order valence-electron chi connectivity index (χ1n) is 5.69. The van der Waals surface area contributed by atoms with Crippen LogP contribution in [0.25, 0.3) is 0 Å². The van der Waals surface area contributed by atoms with Crippen LogP contribution in [0.4, 0.5) is 10.5 Å². The minimum atomic E-state index is -1.12. The monoisotopic (exact) mass is 264 g/mol. The summed E-state index contributed by atoms with van der Waals surface area (Å²) in [4.78, 5) is 23.5. The summed E-state index contributed by atoms with van der Waals surface area (Å²) in [7, 11) is 0. The third-order valence-corrected chi connectivity index (χ3v) is 2.28. The molecule has 102 valence electrons. The zero-order valence-corrected chi connectivity index (χ0v) is 10.8. The molecule has 0 atom stereocenters. The average Bonchev–Trinajstić information content (AvgIpc) is 2.76. The molecule has 0 aliphatic carbocycles. The van der Waals surface area contributed by atoms with E-state index in [1.165, 1.54) is 6.20 Å². The van der Waals surface area contributed by atoms with Crippen LogP contribution in [0.5, 0.6) is 0 Å². The number of nitrogens with one attached hydrogen (secondary N) is 1. The first kappa shape index (κ1) is 14.6. The van der Waals surface area contributed by atoms with Gasteiger partial charge in [0.25, 0.3) is 0 Å². The maximum absolute atomic E-state index is 11.8. The highest BCUT2D eigenvalue weighted by Gasteiger charge is 2.16. The number of carboxylic acid groups (broad SMARTS) is 1. The largest absolute Gasteiger partial charge is 0.480 e. The molecule has 0 spiro atoms. The standard InChI is InChI=1S/C12H16N4O3/c1-4-5-15(8-11(17)18)12(19)14-10-6-13-16(7-10)9(2)3/h1,6-7,9H,5,8H2,2-3H3,(H,14,19)(H,17,18). The average molecular weight is 264 g/mol. The van der Waals surface area contributed by atoms with Crippen molar-refractivity contribution in [2.45, 2.75) is 19.9 Å². The zero-order valence-electron chi connectivity index (χ0n) is 10.8. The number of hydrogen-bond donors (Lipinski definition) is 2. The van der Waals surface area contributed by atoms with Crippen molar-refractivity contribution in [3.8, 4) is 12.3 Å². The number of rotatable bonds is 5. The zero-order chi connectivity index (χ0) is 14.4. The Morgan fingerprint density at radius 3 is 2.79 bits per heavy atom. The van der Waals surface area contributed by atoms with Crippen LogP contribution in [0, 0.1) is 12.3 Å². The Labute approximate surface area is 111 Å². The highest BCUT2D eigenvalue weighted by Crippen LogP contribution is 2.10. The van der Waals surface area contributed by atoms with Gasteiger partial charge in [0.05, 0.1) is 18.4 Å². The maximum Gasteiger partial charge on any atom is 0.323 e. The van der Waals surface area contributed by atoms with Crippen LogP contribution in [0.1, 0.15) is 19.9 Å². The molecule has 0 aliphatic heterocycles. The molecule has 1 aromatic rings. The van der Waals surface area contributed by atoms with E-state index in [1.54, 1.807) is 10.9 Å². The van der Waals surface area contributed by atoms with Gasteiger partial charge < -0.3 is 15.3 Å². The number of aromatic nitrogens is 2. The van der Waals surface area contributed by atoms with Gasteiger partial charge in [0.1, 0.15) is 6.54 Å². The Kier molecular flexibility index (Phi) is 4.94. The summed E-state index contributed by atoms with van der Waals surface area (Å²) in [5, 5.41) is 15.3. The lowest BCUT2D eigenvalue weighted by Crippen LogP contribution is -2.38. The number of urea groups is 1. The van der Waals surface area contributed by atoms with Crippen molar-refractivity contribution in [3.05, 3.63) is 12.4 Å². The second-order valence-electron chi connectivity index (χ2n) is 4.19. The van der Waals surface area contributed by atoms with Gasteiger partial charge in [0, 0.05) is 12.2 Å². The Morgan fingerprint density at radius 1 is 1.63 bits per heavy atom. The molecule has 1 aromatic heterocycles. The van der Waals surface area contributed by atoms with Crippen molar-refractivity contribution in [2.75, 3.05) is 18.4 Å². The van der Waals surface area contributed by atoms with E-state index < -0.39 is 18.5 Å². The number of amides is 2. The summed E-state index contributed by atoms with van der Waals surface area (Å²) < 4.78 is 1.68. The number of anilines is 1. The highest BCUT2D eigenvalue weighted by molar-refractivity contribution is 5.91. The Morgan fingerprint density at radius 2 is 2.32 bits per heavy atom. The molecular formula is C12H16N4O3. The van der Waals surface area contributed by atoms with Gasteiger partial charge in [-0.25, -0.2) is 4.79 Å². The maximum atomic E-state index is 11.8. The summed E-state index contributed by atoms with van der Waals surface area (Å²) in [5.74, 6) is 1.12. The van der Waals surface area contributed by atoms with E-state index >= 15 is 0 Å². The van der Waals surface area contributed by atoms with E-state index in [4.69, 9.17) is 11.5 Å². The van der Waals surface area contributed by atoms with E-state index in [9.17, 15) is 9.59 Å². The second-order valence-corrected chi connectivity index (χ2v) is 4.19. The predicted molar refractivity (Wildman–Crippen MR) is 69.7 cm³/mol. The van der Waals surface area contributed by atoms with E-state index in [2.05, 4.69) is 16.3 Å². The van der Waals surface area contributed by atoms with Gasteiger partial charge in [-0.15, -0.1) is 6.42 Å². The molecular weight excluding hydrogens is 248 g/mol. The summed E-state index contributed by atoms with van der Waals surface area (Å²) in [6, 6.07) is -0.393. The van der Waals surface area contributed by atoms with Gasteiger partial charge in [-0.3, -0.25) is 9.48 Å². The van der Waals surface area contributed by atoms with Crippen LogP contribution in [0.15, 0.2) is 12.4 Å². The fraction of sp³-hybridized carbons (Fsp3) is 0.417. The topological polar surface area (TPSA) is 87.5 Å². The van der Waals surface area contributed by atoms with Crippen molar-refractivity contribution in [1.82, 2.24) is 14.7 Å². The molecule has 0 unspecified atom stereocenters. The Balaban J connectivity index is 2.70. The van der Waals surface area contributed by atoms with E-state index in [-0.39, 0.29) is 12.6 Å². The second kappa shape index (κ2) is 6.44. The summed E-state index contributed by atoms with van der Waals surface area (Å²) >= 11 is 0. The molecule has 0 fully saturated rings. The molecule has 0 bridgehead atoms. The minimum absolute atomic E-state index is 0.0730. The number of carbonyl (C=O) groups excluding carboxylic acids is 1. The highest BCUT2D eigenvalue weighted by atomic mass is 16.4. The molecule has 0 aromatic carbocycles. The first-order valence-corrected chi connectivity index (χ1v) is 5.69. The number of nitrogens with zero attached hydrogens (tertiary/aromatic N) is 3. The fourth-order valence-electron chi connectivity index (χ4n) is 1.36. The van der Waals surface area contributed by atoms with Crippen molar-refractivity contribution in [2.24, 2.45) is 0 Å². The fourth-order valence-corrected chi connectivity index (χ4v) is 1.36. The molecule has 7 heteroatoms. The number of hydrogen-bond acceptors (Lipinski definition) is 3. The van der Waals surface area contributed by atoms with E-state index in [0.717, 1.165) is 4.90 Å². The molecule has 1 rings (SSSR count). The van der Waals surface area contributed by atoms with Crippen molar-refractivity contribution < 1.29 is 14.7 Å². The summed E-state index contributed by atoms with van der Waals surface area (Å²) in [5.41, 5.74) is 0.492. The van der Waals surface area contributed by atoms with Gasteiger partial charge >= 0.3 is 12.0 Å². The molecule has 0 saturated heterocycles. The third-order valence-electron chi connectivity index (χ3n) is 2.28. The van der Waals surface area contributed by atoms with Crippen LogP contribution in [0.3, 0.4) is 0 Å². The lowest BCUT2D eigenvalue weighted by Gasteiger charge is -2.17. The normalized spacial score (nSPS) is 10.0. The lowest BCUT2D eigenvalue weighted by molar-refractivity contribution is -0.137. The molecule has 2 amide bonds. The molecule has 2 N–H and O–H groups in total. The third kappa shape index (κ3) is 4.35. The number of carbonyl (C=O) groups is 2. The van der Waals surface area contributed by atoms with Crippen molar-refractivity contribution >= 4 is 17.7 Å². The molecule has 0 radical (unpaired) electrons. The van der Waals surface area contributed by atoms with Gasteiger partial charge in [0.2, 0.25) is 0 Å². The van der Waals surface area contributed by atoms with E-state index in [0.29, 0.717) is 5.69 Å². The minimum Gasteiger partial charge on any atom is -0.480 e. The summed E-state index contributed by atoms with van der Waals surface area (Å²) in [6.07, 6.45) is 8.26. The van der Waals surface area contributed by atoms with E-state index in [1.807, 2.05) is 13.8 Å². The number of carboxylic acids is 1. The lowest BCUT2D eigenvalue weighted by atomic mass is 10.4. The first-order chi connectivity index (χ1) is 8.93. The van der Waals surface area contributed by atoms with Gasteiger partial charge in [-0.05, 0) is 13.8 Å². The van der Waals surface area contributed by atoms with Crippen molar-refractivity contribution in [1.29, 1.82) is 0 Å². The predicted octanol–water partition coefficient (Wildman–Crippen LogP) is 1.02. The van der Waals surface area contributed by atoms with Crippen LogP contribution in [-0.4, -0.2) is 44.9 Å². The van der Waals surface area contributed by atoms with Crippen LogP contribution >= 0.6 is 0 Å². The molecule has 0 saturated carbocycles. The van der Waals surface area contributed by atoms with Crippen molar-refractivity contribution in [3.63, 3.8) is 0 Å². The molecule has 1 heterocycles. The van der Waals surface area contributed by atoms with Gasteiger partial charge in [0.15, 0.2) is 0 Å². The molecule has 0 aliphatic rings.